The molecule has 3 atom stereocenters. The summed E-state index contributed by atoms with van der Waals surface area (Å²) in [6.45, 7) is 9.75. The molecule has 0 bridgehead atoms. The van der Waals surface area contributed by atoms with Gasteiger partial charge in [0.15, 0.2) is 11.9 Å². The van der Waals surface area contributed by atoms with Crippen LogP contribution in [0.15, 0.2) is 24.5 Å². The summed E-state index contributed by atoms with van der Waals surface area (Å²) in [5, 5.41) is 0. The predicted octanol–water partition coefficient (Wildman–Crippen LogP) is 1.97. The van der Waals surface area contributed by atoms with E-state index in [2.05, 4.69) is 6.58 Å². The molecule has 2 heterocycles. The fraction of sp³-hybridized carbons (Fsp3) is 0.667. The van der Waals surface area contributed by atoms with Crippen LogP contribution in [0.1, 0.15) is 20.8 Å². The molecule has 2 aliphatic rings. The minimum absolute atomic E-state index is 0.193. The maximum Gasteiger partial charge on any atom is 0.231 e. The lowest BCUT2D eigenvalue weighted by Gasteiger charge is -2.21. The van der Waals surface area contributed by atoms with E-state index in [9.17, 15) is 0 Å². The van der Waals surface area contributed by atoms with Crippen molar-refractivity contribution in [3.63, 3.8) is 0 Å². The molecule has 4 heteroatoms. The van der Waals surface area contributed by atoms with Crippen LogP contribution in [0.25, 0.3) is 0 Å². The highest BCUT2D eigenvalue weighted by Crippen LogP contribution is 2.40. The van der Waals surface area contributed by atoms with E-state index >= 15 is 0 Å². The van der Waals surface area contributed by atoms with E-state index in [0.717, 1.165) is 5.76 Å². The van der Waals surface area contributed by atoms with E-state index in [4.69, 9.17) is 18.9 Å². The molecule has 0 aromatic heterocycles. The monoisotopic (exact) mass is 226 g/mol. The summed E-state index contributed by atoms with van der Waals surface area (Å²) < 4.78 is 22.7. The average molecular weight is 226 g/mol. The third-order valence-electron chi connectivity index (χ3n) is 2.60. The molecule has 0 unspecified atom stereocenters. The fourth-order valence-electron chi connectivity index (χ4n) is 2.00. The van der Waals surface area contributed by atoms with Crippen molar-refractivity contribution in [1.29, 1.82) is 0 Å². The lowest BCUT2D eigenvalue weighted by molar-refractivity contribution is -0.190. The number of hydrogen-bond donors (Lipinski definition) is 0. The Labute approximate surface area is 95.8 Å². The minimum atomic E-state index is -0.607. The number of allylic oxidation sites excluding steroid dienone is 1. The molecule has 0 amide bonds. The maximum atomic E-state index is 5.77. The van der Waals surface area contributed by atoms with Crippen molar-refractivity contribution in [2.45, 2.75) is 45.1 Å². The van der Waals surface area contributed by atoms with Gasteiger partial charge in [-0.3, -0.25) is 0 Å². The summed E-state index contributed by atoms with van der Waals surface area (Å²) in [5.74, 6) is 0.164. The first-order chi connectivity index (χ1) is 7.57. The average Bonchev–Trinajstić information content (AvgIpc) is 2.67. The van der Waals surface area contributed by atoms with Crippen LogP contribution in [0.2, 0.25) is 0 Å². The first-order valence-electron chi connectivity index (χ1n) is 5.48. The molecule has 16 heavy (non-hydrogen) atoms. The summed E-state index contributed by atoms with van der Waals surface area (Å²) in [7, 11) is 0. The van der Waals surface area contributed by atoms with Gasteiger partial charge in [-0.1, -0.05) is 6.08 Å². The van der Waals surface area contributed by atoms with Crippen molar-refractivity contribution in [3.05, 3.63) is 24.5 Å². The number of ether oxygens (including phenoxy) is 4. The SMILES string of the molecule is C=CCO[C@@H]1/C(=C\C)O[C@H]2OC(C)(C)O[C@H]21. The first-order valence-corrected chi connectivity index (χ1v) is 5.48. The third kappa shape index (κ3) is 2.00. The highest BCUT2D eigenvalue weighted by Gasteiger charge is 2.53. The molecule has 90 valence electrons. The van der Waals surface area contributed by atoms with Crippen molar-refractivity contribution in [1.82, 2.24) is 0 Å². The van der Waals surface area contributed by atoms with Crippen LogP contribution in [0.5, 0.6) is 0 Å². The molecule has 4 nitrogen and oxygen atoms in total. The highest BCUT2D eigenvalue weighted by molar-refractivity contribution is 5.11. The highest BCUT2D eigenvalue weighted by atomic mass is 16.8. The van der Waals surface area contributed by atoms with Crippen LogP contribution in [0.4, 0.5) is 0 Å². The van der Waals surface area contributed by atoms with Crippen molar-refractivity contribution >= 4 is 0 Å². The molecular formula is C12H18O4. The molecule has 0 aliphatic carbocycles. The van der Waals surface area contributed by atoms with E-state index < -0.39 is 5.79 Å². The summed E-state index contributed by atoms with van der Waals surface area (Å²) in [6, 6.07) is 0. The molecule has 2 saturated heterocycles. The van der Waals surface area contributed by atoms with E-state index in [1.165, 1.54) is 0 Å². The van der Waals surface area contributed by atoms with Crippen molar-refractivity contribution in [2.24, 2.45) is 0 Å². The van der Waals surface area contributed by atoms with Gasteiger partial charge in [-0.2, -0.15) is 0 Å². The fourth-order valence-corrected chi connectivity index (χ4v) is 2.00. The summed E-state index contributed by atoms with van der Waals surface area (Å²) >= 11 is 0. The van der Waals surface area contributed by atoms with Crippen LogP contribution in [-0.2, 0) is 18.9 Å². The second-order valence-corrected chi connectivity index (χ2v) is 4.32. The minimum Gasteiger partial charge on any atom is -0.464 e. The van der Waals surface area contributed by atoms with Gasteiger partial charge in [-0.05, 0) is 26.8 Å². The van der Waals surface area contributed by atoms with Crippen LogP contribution in [0.3, 0.4) is 0 Å². The van der Waals surface area contributed by atoms with Crippen LogP contribution >= 0.6 is 0 Å². The van der Waals surface area contributed by atoms with Crippen LogP contribution in [0, 0.1) is 0 Å². The first kappa shape index (κ1) is 11.6. The Morgan fingerprint density at radius 2 is 2.19 bits per heavy atom. The molecule has 0 saturated carbocycles. The Morgan fingerprint density at radius 3 is 2.81 bits per heavy atom. The Morgan fingerprint density at radius 1 is 1.44 bits per heavy atom. The van der Waals surface area contributed by atoms with Gasteiger partial charge in [0.25, 0.3) is 0 Å². The van der Waals surface area contributed by atoms with E-state index in [1.807, 2.05) is 26.8 Å². The third-order valence-corrected chi connectivity index (χ3v) is 2.60. The van der Waals surface area contributed by atoms with Crippen molar-refractivity contribution < 1.29 is 18.9 Å². The zero-order chi connectivity index (χ0) is 11.8. The second-order valence-electron chi connectivity index (χ2n) is 4.32. The van der Waals surface area contributed by atoms with E-state index in [0.29, 0.717) is 6.61 Å². The second kappa shape index (κ2) is 4.20. The predicted molar refractivity (Wildman–Crippen MR) is 58.6 cm³/mol. The van der Waals surface area contributed by atoms with Gasteiger partial charge in [0.2, 0.25) is 6.29 Å². The lowest BCUT2D eigenvalue weighted by atomic mass is 10.2. The van der Waals surface area contributed by atoms with Gasteiger partial charge in [0.1, 0.15) is 11.9 Å². The Balaban J connectivity index is 2.11. The molecule has 0 aromatic carbocycles. The molecule has 0 N–H and O–H groups in total. The standard InChI is InChI=1S/C12H18O4/c1-5-7-13-9-8(6-2)14-11-10(9)15-12(3,4)16-11/h5-6,9-11H,1,7H2,2-4H3/b8-6+/t9-,10+,11+/m1/s1. The molecular weight excluding hydrogens is 208 g/mol. The zero-order valence-electron chi connectivity index (χ0n) is 9.93. The van der Waals surface area contributed by atoms with Gasteiger partial charge >= 0.3 is 0 Å². The van der Waals surface area contributed by atoms with Crippen molar-refractivity contribution in [3.8, 4) is 0 Å². The number of hydrogen-bond acceptors (Lipinski definition) is 4. The lowest BCUT2D eigenvalue weighted by Crippen LogP contribution is -2.31. The maximum absolute atomic E-state index is 5.77. The van der Waals surface area contributed by atoms with Crippen molar-refractivity contribution in [2.75, 3.05) is 6.61 Å². The van der Waals surface area contributed by atoms with Gasteiger partial charge in [0, 0.05) is 0 Å². The van der Waals surface area contributed by atoms with E-state index in [-0.39, 0.29) is 18.5 Å². The molecule has 0 radical (unpaired) electrons. The summed E-state index contributed by atoms with van der Waals surface area (Å²) in [6.07, 6.45) is 2.83. The Hall–Kier alpha value is -0.840. The molecule has 0 spiro atoms. The molecule has 2 fully saturated rings. The normalized spacial score (nSPS) is 38.4. The zero-order valence-corrected chi connectivity index (χ0v) is 9.93. The van der Waals surface area contributed by atoms with Crippen LogP contribution < -0.4 is 0 Å². The van der Waals surface area contributed by atoms with E-state index in [1.54, 1.807) is 6.08 Å². The molecule has 2 aliphatic heterocycles. The molecule has 0 aromatic rings. The summed E-state index contributed by atoms with van der Waals surface area (Å²) in [5.41, 5.74) is 0. The van der Waals surface area contributed by atoms with Gasteiger partial charge in [-0.15, -0.1) is 6.58 Å². The molecule has 2 rings (SSSR count). The van der Waals surface area contributed by atoms with Crippen LogP contribution in [-0.4, -0.2) is 30.9 Å². The quantitative estimate of drug-likeness (QED) is 0.689. The summed E-state index contributed by atoms with van der Waals surface area (Å²) in [4.78, 5) is 0. The topological polar surface area (TPSA) is 36.9 Å². The number of rotatable bonds is 3. The Kier molecular flexibility index (Phi) is 3.06. The number of fused-ring (bicyclic) bond motifs is 1. The van der Waals surface area contributed by atoms with Gasteiger partial charge in [0.05, 0.1) is 6.61 Å². The Bertz CT molecular complexity index is 308. The largest absolute Gasteiger partial charge is 0.464 e. The smallest absolute Gasteiger partial charge is 0.231 e. The van der Waals surface area contributed by atoms with Gasteiger partial charge < -0.3 is 18.9 Å². The van der Waals surface area contributed by atoms with Gasteiger partial charge in [-0.25, -0.2) is 0 Å².